The molecular formula is C18H22N2O4. The molecule has 0 fully saturated rings. The number of carbonyl (C=O) groups excluding carboxylic acids is 1. The van der Waals surface area contributed by atoms with Gasteiger partial charge in [0.2, 0.25) is 5.75 Å². The molecule has 128 valence electrons. The van der Waals surface area contributed by atoms with E-state index in [9.17, 15) is 4.79 Å². The van der Waals surface area contributed by atoms with Crippen LogP contribution in [-0.2, 0) is 4.79 Å². The first-order chi connectivity index (χ1) is 11.5. The fourth-order valence-corrected chi connectivity index (χ4v) is 2.15. The first-order valence-electron chi connectivity index (χ1n) is 7.46. The Hall–Kier alpha value is -2.89. The fraction of sp³-hybridized carbons (Fsp3) is 0.278. The third-order valence-corrected chi connectivity index (χ3v) is 3.39. The number of benzene rings is 2. The van der Waals surface area contributed by atoms with Gasteiger partial charge in [-0.25, -0.2) is 0 Å². The first-order valence-corrected chi connectivity index (χ1v) is 7.46. The Labute approximate surface area is 141 Å². The molecule has 0 aromatic heterocycles. The summed E-state index contributed by atoms with van der Waals surface area (Å²) in [7, 11) is 6.99. The van der Waals surface area contributed by atoms with E-state index in [4.69, 9.17) is 14.2 Å². The third kappa shape index (κ3) is 4.32. The smallest absolute Gasteiger partial charge is 0.262 e. The van der Waals surface area contributed by atoms with Crippen LogP contribution in [0.4, 0.5) is 11.4 Å². The molecule has 24 heavy (non-hydrogen) atoms. The van der Waals surface area contributed by atoms with E-state index in [1.165, 1.54) is 7.11 Å². The van der Waals surface area contributed by atoms with Gasteiger partial charge in [0.05, 0.1) is 14.2 Å². The van der Waals surface area contributed by atoms with E-state index < -0.39 is 0 Å². The molecule has 2 aromatic carbocycles. The lowest BCUT2D eigenvalue weighted by atomic mass is 10.2. The summed E-state index contributed by atoms with van der Waals surface area (Å²) in [6.45, 7) is -0.126. The maximum Gasteiger partial charge on any atom is 0.262 e. The second-order valence-electron chi connectivity index (χ2n) is 5.27. The van der Waals surface area contributed by atoms with Crippen molar-refractivity contribution in [2.75, 3.05) is 45.1 Å². The predicted octanol–water partition coefficient (Wildman–Crippen LogP) is 2.79. The number of nitrogens with zero attached hydrogens (tertiary/aromatic N) is 1. The average molecular weight is 330 g/mol. The van der Waals surface area contributed by atoms with E-state index in [-0.39, 0.29) is 12.5 Å². The van der Waals surface area contributed by atoms with Crippen molar-refractivity contribution in [1.82, 2.24) is 0 Å². The van der Waals surface area contributed by atoms with Crippen molar-refractivity contribution in [3.05, 3.63) is 42.5 Å². The first kappa shape index (κ1) is 17.5. The molecule has 2 aromatic rings. The fourth-order valence-electron chi connectivity index (χ4n) is 2.15. The summed E-state index contributed by atoms with van der Waals surface area (Å²) >= 11 is 0. The van der Waals surface area contributed by atoms with Crippen LogP contribution < -0.4 is 24.4 Å². The van der Waals surface area contributed by atoms with Crippen LogP contribution in [0.2, 0.25) is 0 Å². The van der Waals surface area contributed by atoms with E-state index in [1.54, 1.807) is 25.3 Å². The van der Waals surface area contributed by atoms with Gasteiger partial charge in [0, 0.05) is 25.5 Å². The van der Waals surface area contributed by atoms with Gasteiger partial charge in [0.15, 0.2) is 18.1 Å². The van der Waals surface area contributed by atoms with Crippen LogP contribution >= 0.6 is 0 Å². The van der Waals surface area contributed by atoms with Crippen molar-refractivity contribution >= 4 is 17.3 Å². The topological polar surface area (TPSA) is 60.0 Å². The Morgan fingerprint density at radius 3 is 2.25 bits per heavy atom. The number of hydrogen-bond acceptors (Lipinski definition) is 5. The summed E-state index contributed by atoms with van der Waals surface area (Å²) in [4.78, 5) is 14.0. The van der Waals surface area contributed by atoms with Gasteiger partial charge in [-0.3, -0.25) is 4.79 Å². The average Bonchev–Trinajstić information content (AvgIpc) is 2.59. The van der Waals surface area contributed by atoms with Crippen molar-refractivity contribution in [2.45, 2.75) is 0 Å². The lowest BCUT2D eigenvalue weighted by Crippen LogP contribution is -2.20. The molecule has 0 unspecified atom stereocenters. The van der Waals surface area contributed by atoms with Crippen molar-refractivity contribution in [1.29, 1.82) is 0 Å². The highest BCUT2D eigenvalue weighted by atomic mass is 16.5. The summed E-state index contributed by atoms with van der Waals surface area (Å²) in [6, 6.07) is 12.8. The molecule has 0 heterocycles. The second kappa shape index (κ2) is 8.10. The van der Waals surface area contributed by atoms with Gasteiger partial charge >= 0.3 is 0 Å². The molecule has 0 aliphatic heterocycles. The summed E-state index contributed by atoms with van der Waals surface area (Å²) in [6.07, 6.45) is 0. The molecule has 0 saturated carbocycles. The molecule has 1 N–H and O–H groups in total. The Balaban J connectivity index is 1.96. The van der Waals surface area contributed by atoms with Gasteiger partial charge in [-0.2, -0.15) is 0 Å². The van der Waals surface area contributed by atoms with E-state index in [1.807, 2.05) is 43.3 Å². The number of methoxy groups -OCH3 is 2. The molecule has 0 spiro atoms. The van der Waals surface area contributed by atoms with Crippen LogP contribution in [0, 0.1) is 0 Å². The number of anilines is 2. The molecule has 6 heteroatoms. The molecule has 0 atom stereocenters. The molecule has 0 radical (unpaired) electrons. The summed E-state index contributed by atoms with van der Waals surface area (Å²) in [5, 5.41) is 2.79. The van der Waals surface area contributed by atoms with Gasteiger partial charge in [0.25, 0.3) is 5.91 Å². The predicted molar refractivity (Wildman–Crippen MR) is 94.4 cm³/mol. The van der Waals surface area contributed by atoms with Crippen LogP contribution in [0.15, 0.2) is 42.5 Å². The monoisotopic (exact) mass is 330 g/mol. The highest BCUT2D eigenvalue weighted by molar-refractivity contribution is 5.92. The number of carbonyl (C=O) groups is 1. The summed E-state index contributed by atoms with van der Waals surface area (Å²) < 4.78 is 16.0. The zero-order chi connectivity index (χ0) is 17.5. The Morgan fingerprint density at radius 1 is 1.00 bits per heavy atom. The zero-order valence-electron chi connectivity index (χ0n) is 14.3. The maximum absolute atomic E-state index is 12.0. The minimum absolute atomic E-state index is 0.126. The lowest BCUT2D eigenvalue weighted by molar-refractivity contribution is -0.118. The largest absolute Gasteiger partial charge is 0.493 e. The van der Waals surface area contributed by atoms with Crippen molar-refractivity contribution in [2.24, 2.45) is 0 Å². The normalized spacial score (nSPS) is 10.0. The van der Waals surface area contributed by atoms with Gasteiger partial charge in [-0.15, -0.1) is 0 Å². The lowest BCUT2D eigenvalue weighted by Gasteiger charge is -2.14. The highest BCUT2D eigenvalue weighted by Gasteiger charge is 2.12. The van der Waals surface area contributed by atoms with E-state index in [2.05, 4.69) is 5.32 Å². The molecule has 1 amide bonds. The molecular weight excluding hydrogens is 308 g/mol. The standard InChI is InChI=1S/C18H22N2O4/c1-20(2)14-10-8-13(9-11-14)19-17(21)12-24-16-7-5-6-15(22-3)18(16)23-4/h5-11H,12H2,1-4H3,(H,19,21). The van der Waals surface area contributed by atoms with Gasteiger partial charge in [-0.05, 0) is 36.4 Å². The molecule has 2 rings (SSSR count). The Morgan fingerprint density at radius 2 is 1.67 bits per heavy atom. The minimum Gasteiger partial charge on any atom is -0.493 e. The minimum atomic E-state index is -0.252. The summed E-state index contributed by atoms with van der Waals surface area (Å²) in [5.41, 5.74) is 1.78. The SMILES string of the molecule is COc1cccc(OCC(=O)Nc2ccc(N(C)C)cc2)c1OC. The van der Waals surface area contributed by atoms with Gasteiger partial charge in [0.1, 0.15) is 0 Å². The molecule has 0 aliphatic carbocycles. The Bertz CT molecular complexity index is 684. The highest BCUT2D eigenvalue weighted by Crippen LogP contribution is 2.36. The van der Waals surface area contributed by atoms with Crippen LogP contribution in [0.3, 0.4) is 0 Å². The second-order valence-corrected chi connectivity index (χ2v) is 5.27. The van der Waals surface area contributed by atoms with Crippen molar-refractivity contribution in [3.8, 4) is 17.2 Å². The quantitative estimate of drug-likeness (QED) is 0.846. The number of para-hydroxylation sites is 1. The number of amides is 1. The number of rotatable bonds is 7. The zero-order valence-corrected chi connectivity index (χ0v) is 14.3. The molecule has 0 saturated heterocycles. The number of nitrogens with one attached hydrogen (secondary N) is 1. The Kier molecular flexibility index (Phi) is 5.89. The number of hydrogen-bond donors (Lipinski definition) is 1. The van der Waals surface area contributed by atoms with Crippen molar-refractivity contribution < 1.29 is 19.0 Å². The summed E-state index contributed by atoms with van der Waals surface area (Å²) in [5.74, 6) is 1.21. The van der Waals surface area contributed by atoms with Crippen LogP contribution in [-0.4, -0.2) is 40.8 Å². The third-order valence-electron chi connectivity index (χ3n) is 3.39. The van der Waals surface area contributed by atoms with E-state index in [0.29, 0.717) is 22.9 Å². The molecule has 0 bridgehead atoms. The van der Waals surface area contributed by atoms with Crippen LogP contribution in [0.25, 0.3) is 0 Å². The van der Waals surface area contributed by atoms with E-state index in [0.717, 1.165) is 5.69 Å². The van der Waals surface area contributed by atoms with Crippen LogP contribution in [0.1, 0.15) is 0 Å². The van der Waals surface area contributed by atoms with E-state index >= 15 is 0 Å². The van der Waals surface area contributed by atoms with Gasteiger partial charge in [-0.1, -0.05) is 6.07 Å². The van der Waals surface area contributed by atoms with Crippen molar-refractivity contribution in [3.63, 3.8) is 0 Å². The van der Waals surface area contributed by atoms with Crippen LogP contribution in [0.5, 0.6) is 17.2 Å². The molecule has 6 nitrogen and oxygen atoms in total. The maximum atomic E-state index is 12.0. The molecule has 0 aliphatic rings. The van der Waals surface area contributed by atoms with Gasteiger partial charge < -0.3 is 24.4 Å². The number of ether oxygens (including phenoxy) is 3.